The van der Waals surface area contributed by atoms with Gasteiger partial charge in [0, 0.05) is 0 Å². The van der Waals surface area contributed by atoms with Gasteiger partial charge in [-0.05, 0) is 24.6 Å². The van der Waals surface area contributed by atoms with E-state index in [0.29, 0.717) is 12.4 Å². The number of ether oxygens (including phenoxy) is 1. The number of benzene rings is 2. The Hall–Kier alpha value is -3.15. The second kappa shape index (κ2) is 6.54. The molecule has 24 heavy (non-hydrogen) atoms. The van der Waals surface area contributed by atoms with E-state index in [0.717, 1.165) is 15.4 Å². The Morgan fingerprint density at radius 2 is 1.54 bits per heavy atom. The summed E-state index contributed by atoms with van der Waals surface area (Å²) in [6.07, 6.45) is 0. The average molecular weight is 324 g/mol. The van der Waals surface area contributed by atoms with Crippen LogP contribution < -0.4 is 9.64 Å². The highest BCUT2D eigenvalue weighted by Gasteiger charge is 2.46. The first-order chi connectivity index (χ1) is 11.6. The van der Waals surface area contributed by atoms with Gasteiger partial charge >= 0.3 is 17.8 Å². The molecule has 0 saturated carbocycles. The maximum atomic E-state index is 12.6. The Balaban J connectivity index is 1.92. The van der Waals surface area contributed by atoms with Crippen LogP contribution in [0.15, 0.2) is 54.6 Å². The van der Waals surface area contributed by atoms with Gasteiger partial charge < -0.3 is 4.74 Å². The van der Waals surface area contributed by atoms with Crippen molar-refractivity contribution in [3.63, 3.8) is 0 Å². The summed E-state index contributed by atoms with van der Waals surface area (Å²) >= 11 is 0. The first-order valence-electron chi connectivity index (χ1n) is 7.59. The normalized spacial score (nSPS) is 14.5. The summed E-state index contributed by atoms with van der Waals surface area (Å²) in [6, 6.07) is 15.0. The fourth-order valence-corrected chi connectivity index (χ4v) is 2.54. The Bertz CT molecular complexity index is 789. The molecule has 1 aliphatic heterocycles. The molecule has 0 atom stereocenters. The van der Waals surface area contributed by atoms with Crippen LogP contribution >= 0.6 is 0 Å². The minimum Gasteiger partial charge on any atom is -0.492 e. The van der Waals surface area contributed by atoms with Gasteiger partial charge in [0.2, 0.25) is 0 Å². The van der Waals surface area contributed by atoms with Gasteiger partial charge in [-0.25, -0.2) is 9.69 Å². The Labute approximate surface area is 139 Å². The number of nitrogens with zero attached hydrogens (tertiary/aromatic N) is 2. The topological polar surface area (TPSA) is 66.9 Å². The number of imide groups is 2. The number of urea groups is 1. The molecule has 1 aliphatic rings. The van der Waals surface area contributed by atoms with Gasteiger partial charge in [-0.3, -0.25) is 14.5 Å². The lowest BCUT2D eigenvalue weighted by molar-refractivity contribution is -0.139. The van der Waals surface area contributed by atoms with Gasteiger partial charge in [-0.15, -0.1) is 0 Å². The van der Waals surface area contributed by atoms with Crippen LogP contribution in [-0.4, -0.2) is 29.4 Å². The Morgan fingerprint density at radius 1 is 0.875 bits per heavy atom. The third-order valence-electron chi connectivity index (χ3n) is 3.64. The van der Waals surface area contributed by atoms with Gasteiger partial charge in [0.1, 0.15) is 5.75 Å². The number of rotatable bonds is 5. The minimum atomic E-state index is -0.872. The maximum Gasteiger partial charge on any atom is 0.339 e. The van der Waals surface area contributed by atoms with E-state index in [-0.39, 0.29) is 12.2 Å². The zero-order valence-electron chi connectivity index (χ0n) is 13.1. The Kier molecular flexibility index (Phi) is 4.29. The molecule has 6 nitrogen and oxygen atoms in total. The molecule has 0 aliphatic carbocycles. The molecule has 4 amide bonds. The minimum absolute atomic E-state index is 0.0531. The van der Waals surface area contributed by atoms with Crippen molar-refractivity contribution in [2.75, 3.05) is 11.5 Å². The summed E-state index contributed by atoms with van der Waals surface area (Å²) in [5.74, 6) is -1.32. The number of hydrogen-bond acceptors (Lipinski definition) is 4. The zero-order valence-corrected chi connectivity index (χ0v) is 13.1. The Morgan fingerprint density at radius 3 is 2.25 bits per heavy atom. The summed E-state index contributed by atoms with van der Waals surface area (Å²) in [5.41, 5.74) is 1.05. The van der Waals surface area contributed by atoms with Crippen molar-refractivity contribution in [2.24, 2.45) is 0 Å². The fraction of sp³-hybridized carbons (Fsp3) is 0.167. The third kappa shape index (κ3) is 2.74. The van der Waals surface area contributed by atoms with Crippen LogP contribution in [-0.2, 0) is 16.1 Å². The number of para-hydroxylation sites is 2. The number of anilines is 1. The van der Waals surface area contributed by atoms with Crippen molar-refractivity contribution in [3.05, 3.63) is 60.2 Å². The molecule has 1 fully saturated rings. The van der Waals surface area contributed by atoms with Crippen LogP contribution in [0.25, 0.3) is 0 Å². The van der Waals surface area contributed by atoms with Gasteiger partial charge in [0.05, 0.1) is 18.8 Å². The largest absolute Gasteiger partial charge is 0.492 e. The first kappa shape index (κ1) is 15.7. The van der Waals surface area contributed by atoms with E-state index in [4.69, 9.17) is 4.74 Å². The summed E-state index contributed by atoms with van der Waals surface area (Å²) in [5, 5.41) is 0. The molecule has 6 heteroatoms. The fourth-order valence-electron chi connectivity index (χ4n) is 2.54. The van der Waals surface area contributed by atoms with E-state index in [2.05, 4.69) is 0 Å². The molecule has 0 spiro atoms. The average Bonchev–Trinajstić information content (AvgIpc) is 2.81. The van der Waals surface area contributed by atoms with Crippen molar-refractivity contribution in [1.29, 1.82) is 0 Å². The second-order valence-electron chi connectivity index (χ2n) is 5.20. The number of hydrogen-bond donors (Lipinski definition) is 0. The van der Waals surface area contributed by atoms with Crippen molar-refractivity contribution in [2.45, 2.75) is 13.5 Å². The van der Waals surface area contributed by atoms with Crippen molar-refractivity contribution in [3.8, 4) is 5.75 Å². The van der Waals surface area contributed by atoms with Crippen LogP contribution in [0.2, 0.25) is 0 Å². The quantitative estimate of drug-likeness (QED) is 0.626. The van der Waals surface area contributed by atoms with Crippen LogP contribution in [0.3, 0.4) is 0 Å². The second-order valence-corrected chi connectivity index (χ2v) is 5.20. The molecule has 0 unspecified atom stereocenters. The van der Waals surface area contributed by atoms with Gasteiger partial charge in [0.25, 0.3) is 0 Å². The molecular formula is C18H16N2O4. The van der Waals surface area contributed by atoms with Crippen LogP contribution in [0.5, 0.6) is 5.75 Å². The van der Waals surface area contributed by atoms with Crippen LogP contribution in [0.1, 0.15) is 12.5 Å². The summed E-state index contributed by atoms with van der Waals surface area (Å²) < 4.78 is 5.46. The predicted molar refractivity (Wildman–Crippen MR) is 87.5 cm³/mol. The molecule has 0 bridgehead atoms. The van der Waals surface area contributed by atoms with Crippen LogP contribution in [0, 0.1) is 0 Å². The first-order valence-corrected chi connectivity index (χ1v) is 7.59. The molecule has 0 aromatic heterocycles. The SMILES string of the molecule is CCOc1ccccc1N1C(=O)C(=O)N(Cc2ccccc2)C1=O. The molecular weight excluding hydrogens is 308 g/mol. The lowest BCUT2D eigenvalue weighted by Gasteiger charge is -2.18. The molecule has 122 valence electrons. The van der Waals surface area contributed by atoms with E-state index in [9.17, 15) is 14.4 Å². The van der Waals surface area contributed by atoms with Crippen LogP contribution in [0.4, 0.5) is 10.5 Å². The third-order valence-corrected chi connectivity index (χ3v) is 3.64. The molecule has 3 rings (SSSR count). The van der Waals surface area contributed by atoms with E-state index in [1.54, 1.807) is 43.3 Å². The highest BCUT2D eigenvalue weighted by molar-refractivity contribution is 6.52. The summed E-state index contributed by atoms with van der Waals surface area (Å²) in [7, 11) is 0. The maximum absolute atomic E-state index is 12.6. The monoisotopic (exact) mass is 324 g/mol. The molecule has 0 N–H and O–H groups in total. The van der Waals surface area contributed by atoms with E-state index in [1.165, 1.54) is 0 Å². The molecule has 2 aromatic carbocycles. The van der Waals surface area contributed by atoms with Crippen molar-refractivity contribution < 1.29 is 19.1 Å². The smallest absolute Gasteiger partial charge is 0.339 e. The van der Waals surface area contributed by atoms with Gasteiger partial charge in [0.15, 0.2) is 0 Å². The molecule has 1 heterocycles. The predicted octanol–water partition coefficient (Wildman–Crippen LogP) is 2.58. The number of amides is 4. The molecule has 2 aromatic rings. The van der Waals surface area contributed by atoms with Crippen molar-refractivity contribution in [1.82, 2.24) is 4.90 Å². The highest BCUT2D eigenvalue weighted by atomic mass is 16.5. The highest BCUT2D eigenvalue weighted by Crippen LogP contribution is 2.32. The van der Waals surface area contributed by atoms with Gasteiger partial charge in [-0.1, -0.05) is 42.5 Å². The number of carbonyl (C=O) groups is 3. The summed E-state index contributed by atoms with van der Waals surface area (Å²) in [6.45, 7) is 2.24. The lowest BCUT2D eigenvalue weighted by Crippen LogP contribution is -2.33. The van der Waals surface area contributed by atoms with E-state index < -0.39 is 17.8 Å². The van der Waals surface area contributed by atoms with Crippen molar-refractivity contribution >= 4 is 23.5 Å². The lowest BCUT2D eigenvalue weighted by atomic mass is 10.2. The number of carbonyl (C=O) groups excluding carboxylic acids is 3. The van der Waals surface area contributed by atoms with Gasteiger partial charge in [-0.2, -0.15) is 0 Å². The molecule has 0 radical (unpaired) electrons. The molecule has 1 saturated heterocycles. The zero-order chi connectivity index (χ0) is 17.1. The standard InChI is InChI=1S/C18H16N2O4/c1-2-24-15-11-7-6-10-14(15)20-17(22)16(21)19(18(20)23)12-13-8-4-3-5-9-13/h3-11H,2,12H2,1H3. The summed E-state index contributed by atoms with van der Waals surface area (Å²) in [4.78, 5) is 39.0. The van der Waals surface area contributed by atoms with E-state index in [1.807, 2.05) is 18.2 Å². The van der Waals surface area contributed by atoms with E-state index >= 15 is 0 Å².